The molecule has 0 fully saturated rings. The van der Waals surface area contributed by atoms with Crippen LogP contribution >= 0.6 is 0 Å². The van der Waals surface area contributed by atoms with Crippen molar-refractivity contribution >= 4 is 60.2 Å². The molecule has 1 heteroatoms. The summed E-state index contributed by atoms with van der Waals surface area (Å²) in [5.74, 6) is 0. The van der Waals surface area contributed by atoms with Crippen LogP contribution in [-0.2, 0) is 0 Å². The lowest BCUT2D eigenvalue weighted by molar-refractivity contribution is 1.28. The predicted molar refractivity (Wildman–Crippen MR) is 252 cm³/mol. The van der Waals surface area contributed by atoms with Gasteiger partial charge in [-0.05, 0) is 130 Å². The molecular weight excluding hydrogens is 711 g/mol. The van der Waals surface area contributed by atoms with Crippen molar-refractivity contribution in [3.8, 4) is 55.6 Å². The number of hydrogen-bond donors (Lipinski definition) is 0. The van der Waals surface area contributed by atoms with Gasteiger partial charge in [0.2, 0.25) is 0 Å². The molecule has 11 aromatic carbocycles. The number of benzene rings is 11. The number of anilines is 3. The Kier molecular flexibility index (Phi) is 7.61. The first-order valence-electron chi connectivity index (χ1n) is 20.4. The Morgan fingerprint density at radius 3 is 1.49 bits per heavy atom. The third-order valence-electron chi connectivity index (χ3n) is 12.3. The van der Waals surface area contributed by atoms with Gasteiger partial charge in [0.25, 0.3) is 0 Å². The van der Waals surface area contributed by atoms with Crippen LogP contribution in [0.2, 0.25) is 0 Å². The van der Waals surface area contributed by atoms with Gasteiger partial charge in [-0.25, -0.2) is 0 Å². The highest BCUT2D eigenvalue weighted by atomic mass is 15.2. The molecule has 0 bridgehead atoms. The van der Waals surface area contributed by atoms with Crippen LogP contribution in [0.25, 0.3) is 98.7 Å². The number of hydrogen-bond acceptors (Lipinski definition) is 1. The standard InChI is InChI=1S/C58H37N/c1-3-16-38(17-4-1)46-21-7-8-23-48(46)58-52-26-11-9-24-50(52)56(51-25-10-12-27-53(51)58)43-33-32-39-34-41(31-30-40(39)35-43)44-36-42-18-15-28-49-47-22-13-14-29-54(47)59(55(37-44)57(42)49)45-19-5-2-6-20-45/h1-37H. The van der Waals surface area contributed by atoms with Crippen LogP contribution in [0.5, 0.6) is 0 Å². The summed E-state index contributed by atoms with van der Waals surface area (Å²) in [6.45, 7) is 0. The molecule has 12 rings (SSSR count). The minimum atomic E-state index is 1.16. The van der Waals surface area contributed by atoms with E-state index in [0.717, 1.165) is 5.69 Å². The molecule has 0 unspecified atom stereocenters. The summed E-state index contributed by atoms with van der Waals surface area (Å²) in [5.41, 5.74) is 16.0. The zero-order chi connectivity index (χ0) is 38.9. The van der Waals surface area contributed by atoms with E-state index in [0.29, 0.717) is 0 Å². The fourth-order valence-electron chi connectivity index (χ4n) is 9.73. The van der Waals surface area contributed by atoms with Crippen molar-refractivity contribution in [1.29, 1.82) is 0 Å². The molecule has 1 nitrogen and oxygen atoms in total. The summed E-state index contributed by atoms with van der Waals surface area (Å²) in [7, 11) is 0. The zero-order valence-electron chi connectivity index (χ0n) is 32.3. The van der Waals surface area contributed by atoms with E-state index in [1.54, 1.807) is 0 Å². The molecule has 0 amide bonds. The van der Waals surface area contributed by atoms with E-state index >= 15 is 0 Å². The van der Waals surface area contributed by atoms with Crippen molar-refractivity contribution < 1.29 is 0 Å². The molecule has 0 atom stereocenters. The quantitative estimate of drug-likeness (QED) is 0.159. The monoisotopic (exact) mass is 747 g/mol. The Balaban J connectivity index is 1.01. The van der Waals surface area contributed by atoms with E-state index in [9.17, 15) is 0 Å². The van der Waals surface area contributed by atoms with Gasteiger partial charge in [-0.1, -0.05) is 182 Å². The second-order valence-electron chi connectivity index (χ2n) is 15.6. The molecule has 0 aliphatic carbocycles. The van der Waals surface area contributed by atoms with Crippen molar-refractivity contribution in [1.82, 2.24) is 0 Å². The SMILES string of the molecule is c1ccc(-c2ccccc2-c2c3ccccc3c(-c3ccc4cc(-c5cc6c7c(cccc7c5)-c5ccccc5N6c5ccccc5)ccc4c3)c3ccccc23)cc1. The summed E-state index contributed by atoms with van der Waals surface area (Å²) in [6.07, 6.45) is 0. The lowest BCUT2D eigenvalue weighted by atomic mass is 9.83. The maximum atomic E-state index is 2.43. The average Bonchev–Trinajstić information content (AvgIpc) is 3.31. The van der Waals surface area contributed by atoms with Crippen molar-refractivity contribution in [3.63, 3.8) is 0 Å². The first-order valence-corrected chi connectivity index (χ1v) is 20.4. The number of fused-ring (bicyclic) bond motifs is 5. The fourth-order valence-corrected chi connectivity index (χ4v) is 9.73. The Morgan fingerprint density at radius 2 is 0.780 bits per heavy atom. The fraction of sp³-hybridized carbons (Fsp3) is 0. The molecule has 59 heavy (non-hydrogen) atoms. The van der Waals surface area contributed by atoms with E-state index in [1.807, 2.05) is 0 Å². The third-order valence-corrected chi connectivity index (χ3v) is 12.3. The molecule has 0 aromatic heterocycles. The van der Waals surface area contributed by atoms with Crippen LogP contribution in [0, 0.1) is 0 Å². The molecule has 1 aliphatic rings. The molecule has 1 heterocycles. The van der Waals surface area contributed by atoms with Crippen LogP contribution in [0.15, 0.2) is 224 Å². The number of rotatable bonds is 5. The van der Waals surface area contributed by atoms with Crippen molar-refractivity contribution in [2.75, 3.05) is 4.90 Å². The first kappa shape index (κ1) is 33.4. The normalized spacial score (nSPS) is 12.0. The van der Waals surface area contributed by atoms with E-state index < -0.39 is 0 Å². The van der Waals surface area contributed by atoms with Crippen molar-refractivity contribution in [2.24, 2.45) is 0 Å². The Hall–Kier alpha value is -7.74. The third kappa shape index (κ3) is 5.33. The molecule has 274 valence electrons. The molecular formula is C58H37N. The Labute approximate surface area is 343 Å². The Morgan fingerprint density at radius 1 is 0.254 bits per heavy atom. The van der Waals surface area contributed by atoms with Crippen LogP contribution in [0.1, 0.15) is 0 Å². The highest BCUT2D eigenvalue weighted by molar-refractivity contribution is 6.23. The lowest BCUT2D eigenvalue weighted by Crippen LogP contribution is -2.15. The molecule has 1 aliphatic heterocycles. The summed E-state index contributed by atoms with van der Waals surface area (Å²) < 4.78 is 0. The van der Waals surface area contributed by atoms with E-state index in [1.165, 1.54) is 110 Å². The summed E-state index contributed by atoms with van der Waals surface area (Å²) in [4.78, 5) is 2.43. The first-order chi connectivity index (χ1) is 29.3. The van der Waals surface area contributed by atoms with E-state index in [4.69, 9.17) is 0 Å². The van der Waals surface area contributed by atoms with Gasteiger partial charge in [0.05, 0.1) is 11.4 Å². The van der Waals surface area contributed by atoms with Crippen LogP contribution in [0.3, 0.4) is 0 Å². The maximum Gasteiger partial charge on any atom is 0.0552 e. The Bertz CT molecular complexity index is 3380. The van der Waals surface area contributed by atoms with Crippen LogP contribution < -0.4 is 4.90 Å². The van der Waals surface area contributed by atoms with Gasteiger partial charge in [0.15, 0.2) is 0 Å². The average molecular weight is 748 g/mol. The van der Waals surface area contributed by atoms with Gasteiger partial charge in [0.1, 0.15) is 0 Å². The summed E-state index contributed by atoms with van der Waals surface area (Å²) >= 11 is 0. The smallest absolute Gasteiger partial charge is 0.0552 e. The van der Waals surface area contributed by atoms with Gasteiger partial charge >= 0.3 is 0 Å². The van der Waals surface area contributed by atoms with E-state index in [2.05, 4.69) is 229 Å². The van der Waals surface area contributed by atoms with Gasteiger partial charge < -0.3 is 4.90 Å². The number of para-hydroxylation sites is 2. The highest BCUT2D eigenvalue weighted by Crippen LogP contribution is 2.52. The largest absolute Gasteiger partial charge is 0.309 e. The van der Waals surface area contributed by atoms with Gasteiger partial charge in [-0.2, -0.15) is 0 Å². The highest BCUT2D eigenvalue weighted by Gasteiger charge is 2.26. The van der Waals surface area contributed by atoms with Gasteiger partial charge in [-0.3, -0.25) is 0 Å². The molecule has 0 saturated heterocycles. The summed E-state index contributed by atoms with van der Waals surface area (Å²) in [5, 5.41) is 10.0. The topological polar surface area (TPSA) is 3.24 Å². The second-order valence-corrected chi connectivity index (χ2v) is 15.6. The minimum absolute atomic E-state index is 1.16. The second kappa shape index (κ2) is 13.4. The molecule has 0 spiro atoms. The van der Waals surface area contributed by atoms with Gasteiger partial charge in [-0.15, -0.1) is 0 Å². The predicted octanol–water partition coefficient (Wildman–Crippen LogP) is 16.4. The zero-order valence-corrected chi connectivity index (χ0v) is 32.3. The number of nitrogens with zero attached hydrogens (tertiary/aromatic N) is 1. The van der Waals surface area contributed by atoms with Crippen LogP contribution in [-0.4, -0.2) is 0 Å². The molecule has 0 radical (unpaired) electrons. The molecule has 0 saturated carbocycles. The maximum absolute atomic E-state index is 2.43. The van der Waals surface area contributed by atoms with Crippen LogP contribution in [0.4, 0.5) is 17.1 Å². The van der Waals surface area contributed by atoms with Gasteiger partial charge in [0, 0.05) is 16.6 Å². The molecule has 0 N–H and O–H groups in total. The van der Waals surface area contributed by atoms with E-state index in [-0.39, 0.29) is 0 Å². The summed E-state index contributed by atoms with van der Waals surface area (Å²) in [6, 6.07) is 82.5. The minimum Gasteiger partial charge on any atom is -0.309 e. The van der Waals surface area contributed by atoms with Crippen molar-refractivity contribution in [3.05, 3.63) is 224 Å². The van der Waals surface area contributed by atoms with Crippen molar-refractivity contribution in [2.45, 2.75) is 0 Å². The molecule has 11 aromatic rings. The lowest BCUT2D eigenvalue weighted by Gasteiger charge is -2.34.